The van der Waals surface area contributed by atoms with Gasteiger partial charge in [-0.25, -0.2) is 0 Å². The van der Waals surface area contributed by atoms with Crippen LogP contribution in [0, 0.1) is 11.3 Å². The molecule has 5 heteroatoms. The van der Waals surface area contributed by atoms with E-state index in [0.717, 1.165) is 19.3 Å². The molecular weight excluding hydrogens is 194 g/mol. The molecule has 1 saturated carbocycles. The van der Waals surface area contributed by atoms with Gasteiger partial charge in [0.25, 0.3) is 0 Å². The second-order valence-corrected chi connectivity index (χ2v) is 4.71. The van der Waals surface area contributed by atoms with Crippen molar-refractivity contribution in [2.75, 3.05) is 6.54 Å². The van der Waals surface area contributed by atoms with Gasteiger partial charge in [-0.1, -0.05) is 25.4 Å². The fraction of sp³-hybridized carbons (Fsp3) is 0.800. The molecule has 1 amide bonds. The predicted octanol–water partition coefficient (Wildman–Crippen LogP) is 0.675. The zero-order valence-corrected chi connectivity index (χ0v) is 9.29. The van der Waals surface area contributed by atoms with Crippen molar-refractivity contribution in [3.05, 3.63) is 0 Å². The summed E-state index contributed by atoms with van der Waals surface area (Å²) in [6.07, 6.45) is 3.10. The molecule has 1 aliphatic rings. The number of carbonyl (C=O) groups is 1. The molecule has 0 unspecified atom stereocenters. The predicted molar refractivity (Wildman–Crippen MR) is 57.5 cm³/mol. The number of rotatable bonds is 4. The number of amidine groups is 1. The van der Waals surface area contributed by atoms with E-state index >= 15 is 0 Å². The van der Waals surface area contributed by atoms with Gasteiger partial charge < -0.3 is 16.3 Å². The van der Waals surface area contributed by atoms with E-state index in [4.69, 9.17) is 10.9 Å². The number of nitrogens with two attached hydrogens (primary N) is 1. The molecule has 0 atom stereocenters. The molecule has 0 heterocycles. The summed E-state index contributed by atoms with van der Waals surface area (Å²) in [5, 5.41) is 14.3. The van der Waals surface area contributed by atoms with Gasteiger partial charge in [-0.05, 0) is 12.8 Å². The Morgan fingerprint density at radius 2 is 2.20 bits per heavy atom. The highest BCUT2D eigenvalue weighted by atomic mass is 16.4. The highest BCUT2D eigenvalue weighted by molar-refractivity contribution is 5.86. The van der Waals surface area contributed by atoms with Crippen molar-refractivity contribution in [2.45, 2.75) is 33.1 Å². The van der Waals surface area contributed by atoms with Crippen LogP contribution in [0.3, 0.4) is 0 Å². The van der Waals surface area contributed by atoms with E-state index in [-0.39, 0.29) is 17.7 Å². The number of oxime groups is 1. The Hall–Kier alpha value is -1.26. The summed E-state index contributed by atoms with van der Waals surface area (Å²) in [5.41, 5.74) is 5.00. The number of nitrogens with one attached hydrogen (secondary N) is 1. The van der Waals surface area contributed by atoms with E-state index in [2.05, 4.69) is 10.5 Å². The number of amides is 1. The van der Waals surface area contributed by atoms with Gasteiger partial charge in [0.05, 0.1) is 0 Å². The Balaban J connectivity index is 2.38. The summed E-state index contributed by atoms with van der Waals surface area (Å²) < 4.78 is 0. The maximum Gasteiger partial charge on any atom is 0.223 e. The van der Waals surface area contributed by atoms with E-state index in [1.807, 2.05) is 13.8 Å². The third-order valence-electron chi connectivity index (χ3n) is 2.98. The van der Waals surface area contributed by atoms with Gasteiger partial charge >= 0.3 is 0 Å². The summed E-state index contributed by atoms with van der Waals surface area (Å²) in [7, 11) is 0. The minimum atomic E-state index is -0.506. The number of hydrogen-bond acceptors (Lipinski definition) is 3. The number of carbonyl (C=O) groups excluding carboxylic acids is 1. The van der Waals surface area contributed by atoms with E-state index in [0.29, 0.717) is 6.54 Å². The first-order chi connectivity index (χ1) is 6.97. The molecular formula is C10H19N3O2. The SMILES string of the molecule is CC(C)(CNC(=O)C1CCC1)C(N)=NO. The van der Waals surface area contributed by atoms with Crippen molar-refractivity contribution in [3.8, 4) is 0 Å². The highest BCUT2D eigenvalue weighted by Gasteiger charge is 2.28. The van der Waals surface area contributed by atoms with Crippen molar-refractivity contribution in [2.24, 2.45) is 22.2 Å². The lowest BCUT2D eigenvalue weighted by Crippen LogP contribution is -2.45. The molecule has 15 heavy (non-hydrogen) atoms. The Kier molecular flexibility index (Phi) is 3.55. The van der Waals surface area contributed by atoms with E-state index in [1.165, 1.54) is 0 Å². The molecule has 1 rings (SSSR count). The first-order valence-corrected chi connectivity index (χ1v) is 5.23. The lowest BCUT2D eigenvalue weighted by molar-refractivity contribution is -0.127. The first kappa shape index (κ1) is 11.8. The molecule has 86 valence electrons. The number of hydrogen-bond donors (Lipinski definition) is 3. The van der Waals surface area contributed by atoms with Gasteiger partial charge in [-0.15, -0.1) is 0 Å². The molecule has 0 aliphatic heterocycles. The topological polar surface area (TPSA) is 87.7 Å². The van der Waals surface area contributed by atoms with Crippen LogP contribution in [0.15, 0.2) is 5.16 Å². The van der Waals surface area contributed by atoms with Crippen LogP contribution in [0.1, 0.15) is 33.1 Å². The van der Waals surface area contributed by atoms with Crippen molar-refractivity contribution in [1.82, 2.24) is 5.32 Å². The van der Waals surface area contributed by atoms with E-state index in [9.17, 15) is 4.79 Å². The Morgan fingerprint density at radius 3 is 2.60 bits per heavy atom. The van der Waals surface area contributed by atoms with Gasteiger partial charge in [0.1, 0.15) is 5.84 Å². The summed E-state index contributed by atoms with van der Waals surface area (Å²) in [6.45, 7) is 4.05. The monoisotopic (exact) mass is 213 g/mol. The lowest BCUT2D eigenvalue weighted by atomic mass is 9.84. The van der Waals surface area contributed by atoms with Gasteiger partial charge in [0, 0.05) is 17.9 Å². The van der Waals surface area contributed by atoms with Crippen molar-refractivity contribution >= 4 is 11.7 Å². The van der Waals surface area contributed by atoms with E-state index < -0.39 is 5.41 Å². The molecule has 1 aliphatic carbocycles. The third-order valence-corrected chi connectivity index (χ3v) is 2.98. The average Bonchev–Trinajstić information content (AvgIpc) is 2.11. The second kappa shape index (κ2) is 4.51. The minimum absolute atomic E-state index is 0.0834. The normalized spacial score (nSPS) is 18.4. The summed E-state index contributed by atoms with van der Waals surface area (Å²) >= 11 is 0. The van der Waals surface area contributed by atoms with Gasteiger partial charge in [-0.3, -0.25) is 4.79 Å². The number of nitrogens with zero attached hydrogens (tertiary/aromatic N) is 1. The Morgan fingerprint density at radius 1 is 1.60 bits per heavy atom. The third kappa shape index (κ3) is 2.84. The van der Waals surface area contributed by atoms with Crippen LogP contribution < -0.4 is 11.1 Å². The summed E-state index contributed by atoms with van der Waals surface area (Å²) in [4.78, 5) is 11.5. The fourth-order valence-corrected chi connectivity index (χ4v) is 1.35. The maximum absolute atomic E-state index is 11.5. The van der Waals surface area contributed by atoms with Crippen molar-refractivity contribution in [3.63, 3.8) is 0 Å². The fourth-order valence-electron chi connectivity index (χ4n) is 1.35. The molecule has 0 saturated heterocycles. The molecule has 0 spiro atoms. The van der Waals surface area contributed by atoms with Crippen molar-refractivity contribution < 1.29 is 10.0 Å². The van der Waals surface area contributed by atoms with Crippen LogP contribution >= 0.6 is 0 Å². The van der Waals surface area contributed by atoms with Crippen molar-refractivity contribution in [1.29, 1.82) is 0 Å². The van der Waals surface area contributed by atoms with Crippen LogP contribution in [-0.4, -0.2) is 23.5 Å². The molecule has 4 N–H and O–H groups in total. The summed E-state index contributed by atoms with van der Waals surface area (Å²) in [6, 6.07) is 0. The Bertz CT molecular complexity index is 270. The maximum atomic E-state index is 11.5. The lowest BCUT2D eigenvalue weighted by Gasteiger charge is -2.28. The molecule has 0 aromatic rings. The van der Waals surface area contributed by atoms with E-state index in [1.54, 1.807) is 0 Å². The zero-order chi connectivity index (χ0) is 11.5. The second-order valence-electron chi connectivity index (χ2n) is 4.71. The molecule has 0 radical (unpaired) electrons. The van der Waals surface area contributed by atoms with Crippen LogP contribution in [0.25, 0.3) is 0 Å². The van der Waals surface area contributed by atoms with Gasteiger partial charge in [-0.2, -0.15) is 0 Å². The van der Waals surface area contributed by atoms with Crippen LogP contribution in [0.2, 0.25) is 0 Å². The standard InChI is InChI=1S/C10H19N3O2/c1-10(2,9(11)13-15)6-12-8(14)7-4-3-5-7/h7,15H,3-6H2,1-2H3,(H2,11,13)(H,12,14). The molecule has 0 aromatic carbocycles. The highest BCUT2D eigenvalue weighted by Crippen LogP contribution is 2.26. The molecule has 0 aromatic heterocycles. The smallest absolute Gasteiger partial charge is 0.223 e. The molecule has 5 nitrogen and oxygen atoms in total. The average molecular weight is 213 g/mol. The first-order valence-electron chi connectivity index (χ1n) is 5.23. The zero-order valence-electron chi connectivity index (χ0n) is 9.29. The molecule has 1 fully saturated rings. The van der Waals surface area contributed by atoms with Gasteiger partial charge in [0.2, 0.25) is 5.91 Å². The molecule has 0 bridgehead atoms. The largest absolute Gasteiger partial charge is 0.409 e. The minimum Gasteiger partial charge on any atom is -0.409 e. The summed E-state index contributed by atoms with van der Waals surface area (Å²) in [5.74, 6) is 0.393. The Labute approximate surface area is 89.7 Å². The van der Waals surface area contributed by atoms with Gasteiger partial charge in [0.15, 0.2) is 0 Å². The van der Waals surface area contributed by atoms with Crippen LogP contribution in [-0.2, 0) is 4.79 Å². The quantitative estimate of drug-likeness (QED) is 0.278. The van der Waals surface area contributed by atoms with Crippen LogP contribution in [0.4, 0.5) is 0 Å². The van der Waals surface area contributed by atoms with Crippen LogP contribution in [0.5, 0.6) is 0 Å².